The average molecular weight is 140 g/mol. The monoisotopic (exact) mass is 140 g/mol. The van der Waals surface area contributed by atoms with Crippen molar-refractivity contribution in [1.29, 1.82) is 0 Å². The minimum absolute atomic E-state index is 0.103. The molecule has 10 heavy (non-hydrogen) atoms. The van der Waals surface area contributed by atoms with Gasteiger partial charge in [0.25, 0.3) is 0 Å². The van der Waals surface area contributed by atoms with E-state index in [1.54, 1.807) is 6.92 Å². The summed E-state index contributed by atoms with van der Waals surface area (Å²) < 4.78 is 0. The van der Waals surface area contributed by atoms with E-state index >= 15 is 0 Å². The van der Waals surface area contributed by atoms with Crippen LogP contribution in [-0.2, 0) is 4.79 Å². The van der Waals surface area contributed by atoms with Gasteiger partial charge < -0.3 is 10.6 Å². The molecule has 0 aromatic rings. The van der Waals surface area contributed by atoms with E-state index in [4.69, 9.17) is 0 Å². The summed E-state index contributed by atoms with van der Waals surface area (Å²) in [6.07, 6.45) is 1.18. The highest BCUT2D eigenvalue weighted by molar-refractivity contribution is 5.74. The lowest BCUT2D eigenvalue weighted by Crippen LogP contribution is -2.39. The molecule has 1 amide bonds. The second-order valence-electron chi connectivity index (χ2n) is 3.37. The number of hydrogen-bond acceptors (Lipinski definition) is 2. The van der Waals surface area contributed by atoms with Gasteiger partial charge in [-0.05, 0) is 12.3 Å². The smallest absolute Gasteiger partial charge is 0.217 e. The van der Waals surface area contributed by atoms with E-state index < -0.39 is 0 Å². The third-order valence-electron chi connectivity index (χ3n) is 2.49. The molecule has 0 radical (unpaired) electrons. The van der Waals surface area contributed by atoms with Gasteiger partial charge in [0.2, 0.25) is 5.91 Å². The van der Waals surface area contributed by atoms with Gasteiger partial charge in [0.15, 0.2) is 0 Å². The quantitative estimate of drug-likeness (QED) is 0.515. The lowest BCUT2D eigenvalue weighted by atomic mass is 10.2. The van der Waals surface area contributed by atoms with Gasteiger partial charge in [0.05, 0.1) is 5.54 Å². The summed E-state index contributed by atoms with van der Waals surface area (Å²) in [4.78, 5) is 10.7. The molecule has 1 saturated heterocycles. The summed E-state index contributed by atoms with van der Waals surface area (Å²) in [5.74, 6) is 0.822. The van der Waals surface area contributed by atoms with E-state index in [1.807, 2.05) is 0 Å². The zero-order chi connectivity index (χ0) is 7.19. The van der Waals surface area contributed by atoms with Crippen molar-refractivity contribution >= 4 is 5.91 Å². The number of piperidine rings is 1. The van der Waals surface area contributed by atoms with Crippen molar-refractivity contribution in [3.05, 3.63) is 0 Å². The Labute approximate surface area is 60.2 Å². The molecular weight excluding hydrogens is 128 g/mol. The number of rotatable bonds is 1. The summed E-state index contributed by atoms with van der Waals surface area (Å²) in [7, 11) is 0. The maximum Gasteiger partial charge on any atom is 0.217 e. The van der Waals surface area contributed by atoms with Crippen LogP contribution < -0.4 is 10.6 Å². The van der Waals surface area contributed by atoms with Gasteiger partial charge in [-0.15, -0.1) is 0 Å². The first-order valence-electron chi connectivity index (χ1n) is 3.72. The van der Waals surface area contributed by atoms with Gasteiger partial charge in [-0.3, -0.25) is 4.79 Å². The lowest BCUT2D eigenvalue weighted by Gasteiger charge is -2.11. The predicted molar refractivity (Wildman–Crippen MR) is 37.5 cm³/mol. The highest BCUT2D eigenvalue weighted by Gasteiger charge is 2.57. The van der Waals surface area contributed by atoms with Crippen LogP contribution in [0.3, 0.4) is 0 Å². The van der Waals surface area contributed by atoms with Crippen molar-refractivity contribution in [2.75, 3.05) is 13.1 Å². The summed E-state index contributed by atoms with van der Waals surface area (Å²) in [6.45, 7) is 3.64. The van der Waals surface area contributed by atoms with Crippen molar-refractivity contribution < 1.29 is 4.79 Å². The lowest BCUT2D eigenvalue weighted by molar-refractivity contribution is -0.119. The Balaban J connectivity index is 1.99. The maximum absolute atomic E-state index is 10.7. The van der Waals surface area contributed by atoms with E-state index in [0.717, 1.165) is 19.0 Å². The Kier molecular flexibility index (Phi) is 1.06. The second-order valence-corrected chi connectivity index (χ2v) is 3.37. The minimum Gasteiger partial charge on any atom is -0.349 e. The molecule has 2 atom stereocenters. The standard InChI is InChI=1S/C7H12N2O/c1-5(10)9-7-2-6(7)3-8-4-7/h6,8H,2-4H2,1H3,(H,9,10). The fourth-order valence-electron chi connectivity index (χ4n) is 1.88. The van der Waals surface area contributed by atoms with Crippen LogP contribution in [0.5, 0.6) is 0 Å². The molecule has 1 heterocycles. The molecule has 3 heteroatoms. The van der Waals surface area contributed by atoms with E-state index in [9.17, 15) is 4.79 Å². The Hall–Kier alpha value is -0.570. The minimum atomic E-state index is 0.103. The van der Waals surface area contributed by atoms with Crippen molar-refractivity contribution in [2.24, 2.45) is 5.92 Å². The summed E-state index contributed by atoms with van der Waals surface area (Å²) in [6, 6.07) is 0. The molecule has 1 saturated carbocycles. The molecule has 2 unspecified atom stereocenters. The number of hydrogen-bond donors (Lipinski definition) is 2. The van der Waals surface area contributed by atoms with Crippen LogP contribution in [0.4, 0.5) is 0 Å². The van der Waals surface area contributed by atoms with Gasteiger partial charge in [-0.25, -0.2) is 0 Å². The van der Waals surface area contributed by atoms with Crippen molar-refractivity contribution in [3.8, 4) is 0 Å². The SMILES string of the molecule is CC(=O)NC12CNCC1C2. The van der Waals surface area contributed by atoms with Crippen LogP contribution in [0.25, 0.3) is 0 Å². The second kappa shape index (κ2) is 1.72. The first-order chi connectivity index (χ1) is 4.73. The van der Waals surface area contributed by atoms with E-state index in [-0.39, 0.29) is 11.4 Å². The van der Waals surface area contributed by atoms with Gasteiger partial charge in [0.1, 0.15) is 0 Å². The molecule has 0 spiro atoms. The molecule has 1 aliphatic carbocycles. The molecule has 0 bridgehead atoms. The topological polar surface area (TPSA) is 41.1 Å². The van der Waals surface area contributed by atoms with Crippen LogP contribution >= 0.6 is 0 Å². The first kappa shape index (κ1) is 6.16. The Morgan fingerprint density at radius 3 is 3.00 bits per heavy atom. The molecule has 0 aromatic heterocycles. The van der Waals surface area contributed by atoms with Crippen LogP contribution in [0, 0.1) is 5.92 Å². The van der Waals surface area contributed by atoms with Crippen LogP contribution in [0.15, 0.2) is 0 Å². The molecule has 0 aromatic carbocycles. The van der Waals surface area contributed by atoms with Gasteiger partial charge in [0, 0.05) is 20.0 Å². The molecule has 2 rings (SSSR count). The molecule has 1 aliphatic heterocycles. The van der Waals surface area contributed by atoms with Crippen LogP contribution in [0.2, 0.25) is 0 Å². The largest absolute Gasteiger partial charge is 0.349 e. The fraction of sp³-hybridized carbons (Fsp3) is 0.857. The number of fused-ring (bicyclic) bond motifs is 1. The van der Waals surface area contributed by atoms with Gasteiger partial charge in [-0.1, -0.05) is 0 Å². The summed E-state index contributed by atoms with van der Waals surface area (Å²) in [5.41, 5.74) is 0.172. The van der Waals surface area contributed by atoms with Crippen LogP contribution in [0.1, 0.15) is 13.3 Å². The maximum atomic E-state index is 10.7. The highest BCUT2D eigenvalue weighted by atomic mass is 16.1. The van der Waals surface area contributed by atoms with Crippen LogP contribution in [-0.4, -0.2) is 24.5 Å². The Morgan fingerprint density at radius 1 is 1.80 bits per heavy atom. The number of carbonyl (C=O) groups is 1. The molecule has 2 aliphatic rings. The third kappa shape index (κ3) is 0.736. The molecule has 2 N–H and O–H groups in total. The predicted octanol–water partition coefficient (Wildman–Crippen LogP) is -0.516. The molecule has 56 valence electrons. The molecular formula is C7H12N2O. The van der Waals surface area contributed by atoms with Gasteiger partial charge >= 0.3 is 0 Å². The number of carbonyl (C=O) groups excluding carboxylic acids is 1. The van der Waals surface area contributed by atoms with E-state index in [1.165, 1.54) is 6.42 Å². The fourth-order valence-corrected chi connectivity index (χ4v) is 1.88. The Morgan fingerprint density at radius 2 is 2.60 bits per heavy atom. The first-order valence-corrected chi connectivity index (χ1v) is 3.72. The normalized spacial score (nSPS) is 42.7. The third-order valence-corrected chi connectivity index (χ3v) is 2.49. The van der Waals surface area contributed by atoms with Crippen molar-refractivity contribution in [3.63, 3.8) is 0 Å². The highest BCUT2D eigenvalue weighted by Crippen LogP contribution is 2.45. The zero-order valence-corrected chi connectivity index (χ0v) is 6.11. The van der Waals surface area contributed by atoms with Crippen molar-refractivity contribution in [1.82, 2.24) is 10.6 Å². The molecule has 2 fully saturated rings. The summed E-state index contributed by atoms with van der Waals surface area (Å²) >= 11 is 0. The zero-order valence-electron chi connectivity index (χ0n) is 6.11. The number of amides is 1. The van der Waals surface area contributed by atoms with E-state index in [2.05, 4.69) is 10.6 Å². The molecule has 3 nitrogen and oxygen atoms in total. The average Bonchev–Trinajstić information content (AvgIpc) is 2.33. The van der Waals surface area contributed by atoms with Crippen molar-refractivity contribution in [2.45, 2.75) is 18.9 Å². The Bertz CT molecular complexity index is 180. The summed E-state index contributed by atoms with van der Waals surface area (Å²) in [5, 5.41) is 6.24. The number of nitrogens with one attached hydrogen (secondary N) is 2. The van der Waals surface area contributed by atoms with E-state index in [0.29, 0.717) is 0 Å². The van der Waals surface area contributed by atoms with Gasteiger partial charge in [-0.2, -0.15) is 0 Å².